The van der Waals surface area contributed by atoms with Gasteiger partial charge in [0.25, 0.3) is 0 Å². The fourth-order valence-electron chi connectivity index (χ4n) is 1.37. The van der Waals surface area contributed by atoms with Crippen molar-refractivity contribution in [3.8, 4) is 11.5 Å². The standard InChI is InChI=1S/C12H15NO5/c1-12(2,7-13-16)18-9-5-4-8(11(14)15)6-10(9)17-3/h4-6H,7H2,1-3H3,(H,14,15). The number of hydrogen-bond donors (Lipinski definition) is 1. The Balaban J connectivity index is 3.02. The van der Waals surface area contributed by atoms with Gasteiger partial charge in [-0.25, -0.2) is 4.79 Å². The third-order valence-electron chi connectivity index (χ3n) is 2.24. The third-order valence-corrected chi connectivity index (χ3v) is 2.24. The highest BCUT2D eigenvalue weighted by Gasteiger charge is 2.22. The summed E-state index contributed by atoms with van der Waals surface area (Å²) >= 11 is 0. The van der Waals surface area contributed by atoms with Crippen molar-refractivity contribution in [2.75, 3.05) is 13.7 Å². The molecule has 0 amide bonds. The topological polar surface area (TPSA) is 85.2 Å². The smallest absolute Gasteiger partial charge is 0.335 e. The van der Waals surface area contributed by atoms with Crippen molar-refractivity contribution < 1.29 is 19.4 Å². The van der Waals surface area contributed by atoms with E-state index in [1.54, 1.807) is 13.8 Å². The van der Waals surface area contributed by atoms with E-state index in [4.69, 9.17) is 14.6 Å². The number of nitrogens with zero attached hydrogens (tertiary/aromatic N) is 1. The molecular weight excluding hydrogens is 238 g/mol. The van der Waals surface area contributed by atoms with Crippen LogP contribution in [-0.4, -0.2) is 30.3 Å². The molecule has 0 saturated heterocycles. The first-order valence-electron chi connectivity index (χ1n) is 5.29. The molecule has 0 aliphatic heterocycles. The number of rotatable bonds is 6. The molecule has 18 heavy (non-hydrogen) atoms. The van der Waals surface area contributed by atoms with Crippen molar-refractivity contribution in [3.05, 3.63) is 28.7 Å². The maximum absolute atomic E-state index is 10.8. The SMILES string of the molecule is COc1cc(C(=O)O)ccc1OC(C)(C)CN=O. The second-order valence-electron chi connectivity index (χ2n) is 4.32. The highest BCUT2D eigenvalue weighted by atomic mass is 16.5. The first kappa shape index (κ1) is 14.0. The molecule has 1 N–H and O–H groups in total. The average Bonchev–Trinajstić information content (AvgIpc) is 2.28. The lowest BCUT2D eigenvalue weighted by atomic mass is 10.1. The molecule has 0 spiro atoms. The molecule has 0 fully saturated rings. The van der Waals surface area contributed by atoms with Crippen LogP contribution >= 0.6 is 0 Å². The number of methoxy groups -OCH3 is 1. The number of hydrogen-bond acceptors (Lipinski definition) is 5. The maximum Gasteiger partial charge on any atom is 0.335 e. The summed E-state index contributed by atoms with van der Waals surface area (Å²) in [5.41, 5.74) is -0.676. The van der Waals surface area contributed by atoms with Gasteiger partial charge in [-0.05, 0) is 32.0 Å². The minimum Gasteiger partial charge on any atom is -0.493 e. The van der Waals surface area contributed by atoms with E-state index in [0.717, 1.165) is 0 Å². The summed E-state index contributed by atoms with van der Waals surface area (Å²) in [6.07, 6.45) is 0. The number of carboxylic acid groups (broad SMARTS) is 1. The molecule has 0 unspecified atom stereocenters. The minimum absolute atomic E-state index is 0.0170. The van der Waals surface area contributed by atoms with Gasteiger partial charge in [-0.1, -0.05) is 5.18 Å². The van der Waals surface area contributed by atoms with Crippen LogP contribution in [0.2, 0.25) is 0 Å². The molecule has 1 aromatic carbocycles. The number of carbonyl (C=O) groups is 1. The Bertz CT molecular complexity index is 456. The highest BCUT2D eigenvalue weighted by molar-refractivity contribution is 5.88. The molecule has 0 saturated carbocycles. The van der Waals surface area contributed by atoms with Crippen LogP contribution in [-0.2, 0) is 0 Å². The van der Waals surface area contributed by atoms with E-state index in [0.29, 0.717) is 11.5 Å². The van der Waals surface area contributed by atoms with Crippen LogP contribution in [0.4, 0.5) is 0 Å². The summed E-state index contributed by atoms with van der Waals surface area (Å²) < 4.78 is 10.7. The monoisotopic (exact) mass is 253 g/mol. The Hall–Kier alpha value is -2.11. The largest absolute Gasteiger partial charge is 0.493 e. The van der Waals surface area contributed by atoms with Gasteiger partial charge in [-0.3, -0.25) is 0 Å². The molecular formula is C12H15NO5. The van der Waals surface area contributed by atoms with Crippen molar-refractivity contribution in [2.24, 2.45) is 5.18 Å². The van der Waals surface area contributed by atoms with Gasteiger partial charge in [0.05, 0.1) is 12.7 Å². The lowest BCUT2D eigenvalue weighted by Gasteiger charge is -2.24. The predicted octanol–water partition coefficient (Wildman–Crippen LogP) is 2.32. The normalized spacial score (nSPS) is 10.8. The highest BCUT2D eigenvalue weighted by Crippen LogP contribution is 2.31. The molecule has 0 bridgehead atoms. The van der Waals surface area contributed by atoms with Crippen LogP contribution in [0.5, 0.6) is 11.5 Å². The summed E-state index contributed by atoms with van der Waals surface area (Å²) in [6, 6.07) is 4.27. The zero-order valence-corrected chi connectivity index (χ0v) is 10.5. The molecule has 0 aliphatic rings. The van der Waals surface area contributed by atoms with Gasteiger partial charge in [0.2, 0.25) is 0 Å². The quantitative estimate of drug-likeness (QED) is 0.786. The molecule has 0 aromatic heterocycles. The van der Waals surface area contributed by atoms with E-state index in [1.165, 1.54) is 25.3 Å². The van der Waals surface area contributed by atoms with Crippen LogP contribution in [0.3, 0.4) is 0 Å². The number of aromatic carboxylic acids is 1. The third kappa shape index (κ3) is 3.44. The van der Waals surface area contributed by atoms with Gasteiger partial charge >= 0.3 is 5.97 Å². The lowest BCUT2D eigenvalue weighted by molar-refractivity contribution is 0.0696. The van der Waals surface area contributed by atoms with Gasteiger partial charge < -0.3 is 14.6 Å². The summed E-state index contributed by atoms with van der Waals surface area (Å²) in [6.45, 7) is 3.40. The molecule has 1 aromatic rings. The molecule has 1 rings (SSSR count). The lowest BCUT2D eigenvalue weighted by Crippen LogP contribution is -2.31. The van der Waals surface area contributed by atoms with Crippen molar-refractivity contribution >= 4 is 5.97 Å². The van der Waals surface area contributed by atoms with Gasteiger partial charge in [-0.2, -0.15) is 4.91 Å². The van der Waals surface area contributed by atoms with Crippen LogP contribution in [0.25, 0.3) is 0 Å². The Labute approximate surface area is 104 Å². The molecule has 6 heteroatoms. The van der Waals surface area contributed by atoms with E-state index in [1.807, 2.05) is 0 Å². The second-order valence-corrected chi connectivity index (χ2v) is 4.32. The van der Waals surface area contributed by atoms with Gasteiger partial charge in [-0.15, -0.1) is 0 Å². The summed E-state index contributed by atoms with van der Waals surface area (Å²) in [4.78, 5) is 21.1. The van der Waals surface area contributed by atoms with E-state index in [-0.39, 0.29) is 12.1 Å². The average molecular weight is 253 g/mol. The zero-order chi connectivity index (χ0) is 13.8. The number of benzene rings is 1. The summed E-state index contributed by atoms with van der Waals surface area (Å²) in [5.74, 6) is -0.376. The maximum atomic E-state index is 10.8. The first-order chi connectivity index (χ1) is 8.39. The van der Waals surface area contributed by atoms with Gasteiger partial charge in [0.15, 0.2) is 11.5 Å². The molecule has 0 radical (unpaired) electrons. The Morgan fingerprint density at radius 1 is 1.39 bits per heavy atom. The first-order valence-corrected chi connectivity index (χ1v) is 5.29. The molecule has 98 valence electrons. The fraction of sp³-hybridized carbons (Fsp3) is 0.417. The Morgan fingerprint density at radius 2 is 2.06 bits per heavy atom. The van der Waals surface area contributed by atoms with Crippen LogP contribution in [0.1, 0.15) is 24.2 Å². The van der Waals surface area contributed by atoms with E-state index < -0.39 is 11.6 Å². The minimum atomic E-state index is -1.05. The van der Waals surface area contributed by atoms with Gasteiger partial charge in [0, 0.05) is 0 Å². The Morgan fingerprint density at radius 3 is 2.56 bits per heavy atom. The summed E-state index contributed by atoms with van der Waals surface area (Å²) in [5, 5.41) is 11.7. The van der Waals surface area contributed by atoms with Crippen molar-refractivity contribution in [1.29, 1.82) is 0 Å². The summed E-state index contributed by atoms with van der Waals surface area (Å²) in [7, 11) is 1.42. The van der Waals surface area contributed by atoms with Gasteiger partial charge in [0.1, 0.15) is 12.1 Å². The zero-order valence-electron chi connectivity index (χ0n) is 10.5. The predicted molar refractivity (Wildman–Crippen MR) is 65.3 cm³/mol. The van der Waals surface area contributed by atoms with Crippen molar-refractivity contribution in [1.82, 2.24) is 0 Å². The Kier molecular flexibility index (Phi) is 4.25. The number of carboxylic acids is 1. The number of nitroso groups, excluding NO2 is 1. The van der Waals surface area contributed by atoms with Crippen LogP contribution in [0, 0.1) is 4.91 Å². The molecule has 0 heterocycles. The molecule has 0 atom stereocenters. The molecule has 6 nitrogen and oxygen atoms in total. The number of ether oxygens (including phenoxy) is 2. The van der Waals surface area contributed by atoms with E-state index >= 15 is 0 Å². The fourth-order valence-corrected chi connectivity index (χ4v) is 1.37. The van der Waals surface area contributed by atoms with Crippen molar-refractivity contribution in [3.63, 3.8) is 0 Å². The van der Waals surface area contributed by atoms with Crippen molar-refractivity contribution in [2.45, 2.75) is 19.4 Å². The van der Waals surface area contributed by atoms with E-state index in [9.17, 15) is 9.70 Å². The van der Waals surface area contributed by atoms with E-state index in [2.05, 4.69) is 5.18 Å². The van der Waals surface area contributed by atoms with Crippen LogP contribution in [0.15, 0.2) is 23.4 Å². The van der Waals surface area contributed by atoms with Crippen LogP contribution < -0.4 is 9.47 Å². The second kappa shape index (κ2) is 5.48. The molecule has 0 aliphatic carbocycles.